The standard InChI is InChI=1S/C15H18N2O3/c1-3-12(18)9(2)16-15(20)11-6-4-5-10-7-8-13(19)17-14(10)11/h4-9,12,18H,3H2,1-2H3,(H,16,20)(H,17,19). The molecule has 0 fully saturated rings. The Morgan fingerprint density at radius 2 is 2.10 bits per heavy atom. The third-order valence-electron chi connectivity index (χ3n) is 3.36. The third kappa shape index (κ3) is 2.88. The number of H-pyrrole nitrogens is 1. The minimum Gasteiger partial charge on any atom is -0.391 e. The van der Waals surface area contributed by atoms with Crippen molar-refractivity contribution in [2.75, 3.05) is 0 Å². The first-order chi connectivity index (χ1) is 9.52. The van der Waals surface area contributed by atoms with E-state index in [1.165, 1.54) is 6.07 Å². The van der Waals surface area contributed by atoms with E-state index in [2.05, 4.69) is 10.3 Å². The number of rotatable bonds is 4. The molecule has 0 spiro atoms. The van der Waals surface area contributed by atoms with E-state index in [-0.39, 0.29) is 17.5 Å². The molecule has 1 aromatic carbocycles. The summed E-state index contributed by atoms with van der Waals surface area (Å²) in [5.74, 6) is -0.308. The first kappa shape index (κ1) is 14.3. The minimum absolute atomic E-state index is 0.251. The van der Waals surface area contributed by atoms with E-state index in [1.54, 1.807) is 25.1 Å². The van der Waals surface area contributed by atoms with E-state index in [0.717, 1.165) is 5.39 Å². The highest BCUT2D eigenvalue weighted by Gasteiger charge is 2.17. The normalized spacial score (nSPS) is 13.9. The van der Waals surface area contributed by atoms with Gasteiger partial charge in [0, 0.05) is 6.07 Å². The molecular formula is C15H18N2O3. The summed E-state index contributed by atoms with van der Waals surface area (Å²) in [4.78, 5) is 26.3. The van der Waals surface area contributed by atoms with Gasteiger partial charge < -0.3 is 15.4 Å². The summed E-state index contributed by atoms with van der Waals surface area (Å²) in [5, 5.41) is 13.2. The average Bonchev–Trinajstić information content (AvgIpc) is 2.45. The Kier molecular flexibility index (Phi) is 4.20. The van der Waals surface area contributed by atoms with Crippen molar-refractivity contribution in [3.63, 3.8) is 0 Å². The fourth-order valence-electron chi connectivity index (χ4n) is 2.10. The van der Waals surface area contributed by atoms with E-state index in [0.29, 0.717) is 17.5 Å². The molecule has 1 heterocycles. The lowest BCUT2D eigenvalue weighted by atomic mass is 10.1. The van der Waals surface area contributed by atoms with Crippen LogP contribution in [0.3, 0.4) is 0 Å². The zero-order valence-corrected chi connectivity index (χ0v) is 11.5. The van der Waals surface area contributed by atoms with Crippen molar-refractivity contribution < 1.29 is 9.90 Å². The minimum atomic E-state index is -0.590. The van der Waals surface area contributed by atoms with Crippen molar-refractivity contribution in [1.82, 2.24) is 10.3 Å². The smallest absolute Gasteiger partial charge is 0.253 e. The fraction of sp³-hybridized carbons (Fsp3) is 0.333. The van der Waals surface area contributed by atoms with Crippen molar-refractivity contribution in [1.29, 1.82) is 0 Å². The van der Waals surface area contributed by atoms with E-state index >= 15 is 0 Å². The molecule has 1 amide bonds. The highest BCUT2D eigenvalue weighted by atomic mass is 16.3. The van der Waals surface area contributed by atoms with Gasteiger partial charge in [0.25, 0.3) is 5.91 Å². The average molecular weight is 274 g/mol. The number of aliphatic hydroxyl groups excluding tert-OH is 1. The SMILES string of the molecule is CCC(O)C(C)NC(=O)c1cccc2ccc(=O)[nH]c12. The summed E-state index contributed by atoms with van der Waals surface area (Å²) in [6, 6.07) is 7.99. The van der Waals surface area contributed by atoms with Crippen LogP contribution in [0.2, 0.25) is 0 Å². The second-order valence-corrected chi connectivity index (χ2v) is 4.83. The number of para-hydroxylation sites is 1. The van der Waals surface area contributed by atoms with Crippen LogP contribution in [-0.4, -0.2) is 28.1 Å². The Bertz CT molecular complexity index is 678. The molecule has 2 aromatic rings. The van der Waals surface area contributed by atoms with Gasteiger partial charge in [0.15, 0.2) is 0 Å². The Labute approximate surface area is 116 Å². The van der Waals surface area contributed by atoms with Crippen LogP contribution in [0.15, 0.2) is 35.1 Å². The lowest BCUT2D eigenvalue weighted by Crippen LogP contribution is -2.40. The number of nitrogens with one attached hydrogen (secondary N) is 2. The number of benzene rings is 1. The number of hydrogen-bond acceptors (Lipinski definition) is 3. The van der Waals surface area contributed by atoms with Crippen LogP contribution in [0.5, 0.6) is 0 Å². The van der Waals surface area contributed by atoms with E-state index in [4.69, 9.17) is 0 Å². The van der Waals surface area contributed by atoms with Crippen molar-refractivity contribution in [2.45, 2.75) is 32.4 Å². The van der Waals surface area contributed by atoms with E-state index < -0.39 is 6.10 Å². The number of aliphatic hydroxyl groups is 1. The van der Waals surface area contributed by atoms with Gasteiger partial charge in [-0.2, -0.15) is 0 Å². The lowest BCUT2D eigenvalue weighted by Gasteiger charge is -2.19. The van der Waals surface area contributed by atoms with E-state index in [9.17, 15) is 14.7 Å². The molecule has 2 atom stereocenters. The molecular weight excluding hydrogens is 256 g/mol. The van der Waals surface area contributed by atoms with Crippen LogP contribution in [0.25, 0.3) is 10.9 Å². The molecule has 20 heavy (non-hydrogen) atoms. The number of aromatic nitrogens is 1. The van der Waals surface area contributed by atoms with Gasteiger partial charge in [0.1, 0.15) is 0 Å². The number of hydrogen-bond donors (Lipinski definition) is 3. The predicted molar refractivity (Wildman–Crippen MR) is 77.8 cm³/mol. The molecule has 106 valence electrons. The number of carbonyl (C=O) groups is 1. The fourth-order valence-corrected chi connectivity index (χ4v) is 2.10. The first-order valence-corrected chi connectivity index (χ1v) is 6.64. The second kappa shape index (κ2) is 5.88. The molecule has 0 saturated heterocycles. The Morgan fingerprint density at radius 3 is 2.80 bits per heavy atom. The molecule has 2 rings (SSSR count). The molecule has 0 saturated carbocycles. The Hall–Kier alpha value is -2.14. The molecule has 0 aliphatic rings. The quantitative estimate of drug-likeness (QED) is 0.788. The monoisotopic (exact) mass is 274 g/mol. The molecule has 1 aromatic heterocycles. The molecule has 0 radical (unpaired) electrons. The lowest BCUT2D eigenvalue weighted by molar-refractivity contribution is 0.0847. The van der Waals surface area contributed by atoms with Crippen LogP contribution in [0, 0.1) is 0 Å². The first-order valence-electron chi connectivity index (χ1n) is 6.64. The molecule has 0 aliphatic carbocycles. The van der Waals surface area contributed by atoms with Gasteiger partial charge >= 0.3 is 0 Å². The number of amides is 1. The van der Waals surface area contributed by atoms with Gasteiger partial charge in [0.2, 0.25) is 5.56 Å². The van der Waals surface area contributed by atoms with Gasteiger partial charge in [-0.25, -0.2) is 0 Å². The summed E-state index contributed by atoms with van der Waals surface area (Å²) >= 11 is 0. The summed E-state index contributed by atoms with van der Waals surface area (Å²) in [5.41, 5.74) is 0.658. The second-order valence-electron chi connectivity index (χ2n) is 4.83. The highest BCUT2D eigenvalue weighted by molar-refractivity contribution is 6.05. The Morgan fingerprint density at radius 1 is 1.35 bits per heavy atom. The maximum atomic E-state index is 12.3. The molecule has 5 nitrogen and oxygen atoms in total. The molecule has 0 aliphatic heterocycles. The number of pyridine rings is 1. The topological polar surface area (TPSA) is 82.2 Å². The third-order valence-corrected chi connectivity index (χ3v) is 3.36. The largest absolute Gasteiger partial charge is 0.391 e. The van der Waals surface area contributed by atoms with Crippen LogP contribution in [0.4, 0.5) is 0 Å². The highest BCUT2D eigenvalue weighted by Crippen LogP contribution is 2.15. The van der Waals surface area contributed by atoms with Gasteiger partial charge in [-0.15, -0.1) is 0 Å². The van der Waals surface area contributed by atoms with Crippen LogP contribution in [-0.2, 0) is 0 Å². The van der Waals surface area contributed by atoms with Gasteiger partial charge in [0.05, 0.1) is 23.2 Å². The molecule has 0 bridgehead atoms. The van der Waals surface area contributed by atoms with Crippen molar-refractivity contribution in [3.8, 4) is 0 Å². The zero-order valence-electron chi connectivity index (χ0n) is 11.5. The summed E-state index contributed by atoms with van der Waals surface area (Å²) < 4.78 is 0. The molecule has 3 N–H and O–H groups in total. The van der Waals surface area contributed by atoms with Gasteiger partial charge in [-0.1, -0.05) is 19.1 Å². The van der Waals surface area contributed by atoms with Gasteiger partial charge in [-0.05, 0) is 30.9 Å². The van der Waals surface area contributed by atoms with Crippen LogP contribution in [0.1, 0.15) is 30.6 Å². The van der Waals surface area contributed by atoms with E-state index in [1.807, 2.05) is 13.0 Å². The number of carbonyl (C=O) groups excluding carboxylic acids is 1. The zero-order chi connectivity index (χ0) is 14.7. The number of fused-ring (bicyclic) bond motifs is 1. The van der Waals surface area contributed by atoms with Crippen LogP contribution < -0.4 is 10.9 Å². The van der Waals surface area contributed by atoms with Crippen LogP contribution >= 0.6 is 0 Å². The maximum Gasteiger partial charge on any atom is 0.253 e. The molecule has 5 heteroatoms. The predicted octanol–water partition coefficient (Wildman–Crippen LogP) is 1.42. The number of aromatic amines is 1. The maximum absolute atomic E-state index is 12.3. The summed E-state index contributed by atoms with van der Waals surface area (Å²) in [6.07, 6.45) is -0.0265. The van der Waals surface area contributed by atoms with Crippen molar-refractivity contribution in [3.05, 3.63) is 46.2 Å². The summed E-state index contributed by atoms with van der Waals surface area (Å²) in [7, 11) is 0. The van der Waals surface area contributed by atoms with Crippen molar-refractivity contribution >= 4 is 16.8 Å². The molecule has 2 unspecified atom stereocenters. The summed E-state index contributed by atoms with van der Waals surface area (Å²) in [6.45, 7) is 3.60. The van der Waals surface area contributed by atoms with Crippen molar-refractivity contribution in [2.24, 2.45) is 0 Å². The van der Waals surface area contributed by atoms with Gasteiger partial charge in [-0.3, -0.25) is 9.59 Å². The Balaban J connectivity index is 2.35.